The van der Waals surface area contributed by atoms with Gasteiger partial charge in [0.25, 0.3) is 0 Å². The van der Waals surface area contributed by atoms with Crippen molar-refractivity contribution in [2.24, 2.45) is 0 Å². The lowest BCUT2D eigenvalue weighted by atomic mass is 10.1. The molecule has 1 aliphatic rings. The van der Waals surface area contributed by atoms with Crippen molar-refractivity contribution in [3.05, 3.63) is 17.7 Å². The molecule has 0 atom stereocenters. The first-order chi connectivity index (χ1) is 12.2. The molecule has 0 spiro atoms. The van der Waals surface area contributed by atoms with Crippen LogP contribution < -0.4 is 16.0 Å². The van der Waals surface area contributed by atoms with E-state index >= 15 is 0 Å². The van der Waals surface area contributed by atoms with Gasteiger partial charge in [0.1, 0.15) is 5.60 Å². The summed E-state index contributed by atoms with van der Waals surface area (Å²) >= 11 is 0. The van der Waals surface area contributed by atoms with Crippen molar-refractivity contribution in [1.29, 1.82) is 0 Å². The Labute approximate surface area is 155 Å². The number of hydrogen-bond donors (Lipinski definition) is 2. The van der Waals surface area contributed by atoms with Gasteiger partial charge in [-0.3, -0.25) is 5.32 Å². The number of nitrogens with one attached hydrogen (secondary N) is 1. The molecule has 11 heteroatoms. The summed E-state index contributed by atoms with van der Waals surface area (Å²) in [5.74, 6) is -0.493. The minimum absolute atomic E-state index is 0.0410. The Bertz CT molecular complexity index is 819. The average molecular weight is 409 g/mol. The number of carbonyl (C=O) groups is 1. The molecule has 2 rings (SSSR count). The third-order valence-electron chi connectivity index (χ3n) is 3.79. The molecule has 1 aliphatic heterocycles. The first kappa shape index (κ1) is 21.1. The predicted molar refractivity (Wildman–Crippen MR) is 96.6 cm³/mol. The van der Waals surface area contributed by atoms with Gasteiger partial charge in [-0.05, 0) is 32.9 Å². The van der Waals surface area contributed by atoms with E-state index in [0.29, 0.717) is 0 Å². The smallest absolute Gasteiger partial charge is 0.418 e. The first-order valence-electron chi connectivity index (χ1n) is 8.14. The molecule has 152 valence electrons. The number of benzene rings is 1. The van der Waals surface area contributed by atoms with Crippen LogP contribution in [0.5, 0.6) is 0 Å². The number of sulfone groups is 1. The normalized spacial score (nSPS) is 17.5. The van der Waals surface area contributed by atoms with Crippen LogP contribution in [-0.2, 0) is 20.8 Å². The van der Waals surface area contributed by atoms with E-state index in [2.05, 4.69) is 5.32 Å². The van der Waals surface area contributed by atoms with Crippen LogP contribution in [0.15, 0.2) is 12.1 Å². The topological polar surface area (TPSA) is 102 Å². The largest absolute Gasteiger partial charge is 0.444 e. The van der Waals surface area contributed by atoms with Gasteiger partial charge in [0, 0.05) is 13.1 Å². The monoisotopic (exact) mass is 409 g/mol. The maximum Gasteiger partial charge on any atom is 0.418 e. The predicted octanol–water partition coefficient (Wildman–Crippen LogP) is 2.87. The fourth-order valence-electron chi connectivity index (χ4n) is 2.57. The van der Waals surface area contributed by atoms with Crippen molar-refractivity contribution < 1.29 is 31.1 Å². The minimum Gasteiger partial charge on any atom is -0.444 e. The summed E-state index contributed by atoms with van der Waals surface area (Å²) in [6, 6.07) is 1.82. The Balaban J connectivity index is 2.39. The molecule has 0 radical (unpaired) electrons. The molecule has 1 heterocycles. The number of amides is 1. The fourth-order valence-corrected chi connectivity index (χ4v) is 3.77. The number of carbonyl (C=O) groups excluding carboxylic acids is 1. The quantitative estimate of drug-likeness (QED) is 0.729. The highest BCUT2D eigenvalue weighted by molar-refractivity contribution is 7.91. The van der Waals surface area contributed by atoms with Crippen molar-refractivity contribution in [3.63, 3.8) is 0 Å². The third-order valence-corrected chi connectivity index (χ3v) is 5.40. The van der Waals surface area contributed by atoms with Gasteiger partial charge >= 0.3 is 12.3 Å². The summed E-state index contributed by atoms with van der Waals surface area (Å²) in [7, 11) is -3.27. The highest BCUT2D eigenvalue weighted by Gasteiger charge is 2.37. The molecule has 0 unspecified atom stereocenters. The number of anilines is 3. The highest BCUT2D eigenvalue weighted by Crippen LogP contribution is 2.41. The summed E-state index contributed by atoms with van der Waals surface area (Å²) in [6.07, 6.45) is -5.55. The number of nitrogens with zero attached hydrogens (tertiary/aromatic N) is 1. The van der Waals surface area contributed by atoms with Crippen molar-refractivity contribution in [3.8, 4) is 0 Å². The second kappa shape index (κ2) is 7.10. The van der Waals surface area contributed by atoms with Crippen LogP contribution in [-0.4, -0.2) is 44.7 Å². The van der Waals surface area contributed by atoms with Gasteiger partial charge in [-0.1, -0.05) is 0 Å². The molecular weight excluding hydrogens is 387 g/mol. The van der Waals surface area contributed by atoms with Crippen LogP contribution in [0.2, 0.25) is 0 Å². The molecule has 1 fully saturated rings. The molecule has 0 aromatic heterocycles. The average Bonchev–Trinajstić information content (AvgIpc) is 2.46. The molecule has 1 saturated heterocycles. The fraction of sp³-hybridized carbons (Fsp3) is 0.562. The van der Waals surface area contributed by atoms with E-state index in [4.69, 9.17) is 10.5 Å². The van der Waals surface area contributed by atoms with Gasteiger partial charge < -0.3 is 15.4 Å². The minimum atomic E-state index is -4.69. The zero-order chi connectivity index (χ0) is 20.6. The lowest BCUT2D eigenvalue weighted by Crippen LogP contribution is -2.41. The molecule has 3 N–H and O–H groups in total. The highest BCUT2D eigenvalue weighted by atomic mass is 32.2. The summed E-state index contributed by atoms with van der Waals surface area (Å²) < 4.78 is 68.5. The maximum absolute atomic E-state index is 13.4. The number of nitrogens with two attached hydrogens (primary N) is 1. The summed E-state index contributed by atoms with van der Waals surface area (Å²) in [5, 5.41) is 2.34. The van der Waals surface area contributed by atoms with E-state index < -0.39 is 33.3 Å². The van der Waals surface area contributed by atoms with E-state index in [1.165, 1.54) is 4.90 Å². The molecule has 0 saturated carbocycles. The van der Waals surface area contributed by atoms with Gasteiger partial charge in [-0.15, -0.1) is 0 Å². The van der Waals surface area contributed by atoms with Crippen LogP contribution in [0, 0.1) is 0 Å². The van der Waals surface area contributed by atoms with E-state index in [0.717, 1.165) is 12.1 Å². The number of rotatable bonds is 2. The van der Waals surface area contributed by atoms with Crippen LogP contribution in [0.3, 0.4) is 0 Å². The first-order valence-corrected chi connectivity index (χ1v) is 9.96. The van der Waals surface area contributed by atoms with Crippen molar-refractivity contribution in [2.75, 3.05) is 40.5 Å². The Kier molecular flexibility index (Phi) is 5.56. The number of hydrogen-bond acceptors (Lipinski definition) is 6. The molecule has 1 amide bonds. The van der Waals surface area contributed by atoms with E-state index in [-0.39, 0.29) is 41.7 Å². The Hall–Kier alpha value is -2.17. The van der Waals surface area contributed by atoms with Crippen LogP contribution >= 0.6 is 0 Å². The van der Waals surface area contributed by atoms with E-state index in [1.54, 1.807) is 20.8 Å². The molecule has 27 heavy (non-hydrogen) atoms. The van der Waals surface area contributed by atoms with Crippen molar-refractivity contribution >= 4 is 33.0 Å². The second-order valence-electron chi connectivity index (χ2n) is 7.22. The molecular formula is C16H22F3N3O4S. The summed E-state index contributed by atoms with van der Waals surface area (Å²) in [6.45, 7) is 4.76. The number of nitrogen functional groups attached to an aromatic ring is 1. The molecule has 1 aromatic rings. The van der Waals surface area contributed by atoms with Gasteiger partial charge in [-0.2, -0.15) is 13.2 Å². The van der Waals surface area contributed by atoms with E-state index in [1.807, 2.05) is 0 Å². The number of alkyl halides is 3. The van der Waals surface area contributed by atoms with Crippen LogP contribution in [0.25, 0.3) is 0 Å². The second-order valence-corrected chi connectivity index (χ2v) is 9.52. The number of halogens is 3. The number of ether oxygens (including phenoxy) is 1. The van der Waals surface area contributed by atoms with Gasteiger partial charge in [0.2, 0.25) is 0 Å². The lowest BCUT2D eigenvalue weighted by molar-refractivity contribution is -0.137. The molecule has 1 aromatic carbocycles. The van der Waals surface area contributed by atoms with Crippen molar-refractivity contribution in [2.45, 2.75) is 32.5 Å². The summed E-state index contributed by atoms with van der Waals surface area (Å²) in [4.78, 5) is 13.3. The molecule has 7 nitrogen and oxygen atoms in total. The Morgan fingerprint density at radius 3 is 2.22 bits per heavy atom. The Morgan fingerprint density at radius 2 is 1.74 bits per heavy atom. The third kappa shape index (κ3) is 5.65. The van der Waals surface area contributed by atoms with Crippen molar-refractivity contribution in [1.82, 2.24) is 0 Å². The molecule has 0 bridgehead atoms. The van der Waals surface area contributed by atoms with Gasteiger partial charge in [0.15, 0.2) is 9.84 Å². The standard InChI is InChI=1S/C16H22F3N3O4S/c1-15(2,3)26-14(23)21-12-9-13(10(8-11(12)20)16(17,18)19)22-4-6-27(24,25)7-5-22/h8-9H,4-7,20H2,1-3H3,(H,21,23). The maximum atomic E-state index is 13.4. The lowest BCUT2D eigenvalue weighted by Gasteiger charge is -2.31. The zero-order valence-electron chi connectivity index (χ0n) is 15.2. The molecule has 0 aliphatic carbocycles. The summed E-state index contributed by atoms with van der Waals surface area (Å²) in [5.41, 5.74) is 3.34. The zero-order valence-corrected chi connectivity index (χ0v) is 16.0. The van der Waals surface area contributed by atoms with E-state index in [9.17, 15) is 26.4 Å². The Morgan fingerprint density at radius 1 is 1.19 bits per heavy atom. The van der Waals surface area contributed by atoms with Gasteiger partial charge in [-0.25, -0.2) is 13.2 Å². The SMILES string of the molecule is CC(C)(C)OC(=O)Nc1cc(N2CCS(=O)(=O)CC2)c(C(F)(F)F)cc1N. The van der Waals surface area contributed by atoms with Crippen LogP contribution in [0.4, 0.5) is 35.0 Å². The van der Waals surface area contributed by atoms with Crippen LogP contribution in [0.1, 0.15) is 26.3 Å². The van der Waals surface area contributed by atoms with Gasteiger partial charge in [0.05, 0.1) is 34.1 Å².